The molecule has 12 nitrogen and oxygen atoms in total. The van der Waals surface area contributed by atoms with Crippen molar-refractivity contribution in [1.82, 2.24) is 16.0 Å². The second-order valence-electron chi connectivity index (χ2n) is 13.8. The molecule has 3 heterocycles. The SMILES string of the molecule is CSCC(=O)NC1CC(NC(=O)C[C@@H]2C[C@@]3(CO3)[C@H](O)[C@@H](/C=C/C(C)=C/C[C@@H]3O[C@H](C)[C@H](NC(=O)/C=C\[C@H](C)OC(C)=O)C[C@@H]3C)O2)C1. The number of thioether (sulfide) groups is 1. The molecule has 3 saturated heterocycles. The molecule has 268 valence electrons. The highest BCUT2D eigenvalue weighted by Crippen LogP contribution is 2.43. The Balaban J connectivity index is 1.22. The zero-order chi connectivity index (χ0) is 35.0. The number of rotatable bonds is 14. The first-order chi connectivity index (χ1) is 22.8. The molecular formula is C35H53N3O9S. The zero-order valence-electron chi connectivity index (χ0n) is 28.9. The van der Waals surface area contributed by atoms with E-state index in [2.05, 4.69) is 29.0 Å². The number of aliphatic hydroxyl groups excluding tert-OH is 1. The first kappa shape index (κ1) is 38.1. The summed E-state index contributed by atoms with van der Waals surface area (Å²) in [6, 6.07) is 0.00205. The van der Waals surface area contributed by atoms with Crippen LogP contribution in [0, 0.1) is 5.92 Å². The van der Waals surface area contributed by atoms with Gasteiger partial charge in [0.05, 0.1) is 43.1 Å². The molecule has 3 amide bonds. The largest absolute Gasteiger partial charge is 0.459 e. The third-order valence-electron chi connectivity index (χ3n) is 9.48. The number of nitrogens with one attached hydrogen (secondary N) is 3. The van der Waals surface area contributed by atoms with Crippen LogP contribution in [0.1, 0.15) is 73.1 Å². The van der Waals surface area contributed by atoms with Crippen molar-refractivity contribution in [3.63, 3.8) is 0 Å². The van der Waals surface area contributed by atoms with Crippen LogP contribution in [0.4, 0.5) is 0 Å². The van der Waals surface area contributed by atoms with Gasteiger partial charge in [0, 0.05) is 31.5 Å². The third-order valence-corrected chi connectivity index (χ3v) is 10.0. The Morgan fingerprint density at radius 3 is 2.35 bits per heavy atom. The van der Waals surface area contributed by atoms with E-state index in [-0.39, 0.29) is 66.5 Å². The van der Waals surface area contributed by atoms with Gasteiger partial charge in [0.15, 0.2) is 0 Å². The first-order valence-electron chi connectivity index (χ1n) is 17.0. The van der Waals surface area contributed by atoms with Gasteiger partial charge < -0.3 is 40.0 Å². The number of epoxide rings is 1. The Morgan fingerprint density at radius 1 is 1.02 bits per heavy atom. The van der Waals surface area contributed by atoms with Crippen molar-refractivity contribution in [3.05, 3.63) is 36.0 Å². The second kappa shape index (κ2) is 17.3. The highest BCUT2D eigenvalue weighted by Gasteiger charge is 2.58. The molecule has 0 aromatic carbocycles. The summed E-state index contributed by atoms with van der Waals surface area (Å²) in [6.07, 6.45) is 11.7. The van der Waals surface area contributed by atoms with E-state index in [9.17, 15) is 24.3 Å². The zero-order valence-corrected chi connectivity index (χ0v) is 29.8. The Hall–Kier alpha value is -2.71. The van der Waals surface area contributed by atoms with E-state index >= 15 is 0 Å². The van der Waals surface area contributed by atoms with Gasteiger partial charge in [-0.3, -0.25) is 19.2 Å². The number of hydrogen-bond donors (Lipinski definition) is 4. The quantitative estimate of drug-likeness (QED) is 0.0921. The molecule has 1 spiro atoms. The lowest BCUT2D eigenvalue weighted by atomic mass is 9.85. The number of esters is 1. The molecule has 4 rings (SSSR count). The van der Waals surface area contributed by atoms with Crippen LogP contribution in [-0.2, 0) is 38.1 Å². The Labute approximate surface area is 288 Å². The standard InChI is InChI=1S/C35H53N3O9S/c1-20(7-10-29-21(2)13-28(23(4)46-29)38-31(40)12-9-22(3)45-24(5)39)8-11-30-34(43)35(19-44-35)17-27(47-30)16-32(41)36-25-14-26(15-25)37-33(42)18-48-6/h7-9,11-12,21-23,25-30,34,43H,10,13-19H2,1-6H3,(H,36,41)(H,37,42)(H,38,40)/b11-8+,12-9-,20-7+/t21-,22-,23+,25?,26?,27+,28+,29-,30+,34+,35+/m0/s1. The van der Waals surface area contributed by atoms with E-state index in [0.717, 1.165) is 24.8 Å². The number of hydrogen-bond acceptors (Lipinski definition) is 10. The average Bonchev–Trinajstić information content (AvgIpc) is 3.76. The van der Waals surface area contributed by atoms with Gasteiger partial charge in [-0.2, -0.15) is 11.8 Å². The van der Waals surface area contributed by atoms with Crippen LogP contribution in [-0.4, -0.2) is 108 Å². The number of carbonyl (C=O) groups is 4. The minimum absolute atomic E-state index is 0.0175. The monoisotopic (exact) mass is 691 g/mol. The summed E-state index contributed by atoms with van der Waals surface area (Å²) >= 11 is 1.48. The van der Waals surface area contributed by atoms with E-state index in [1.54, 1.807) is 13.0 Å². The first-order valence-corrected chi connectivity index (χ1v) is 18.4. The van der Waals surface area contributed by atoms with Gasteiger partial charge in [0.2, 0.25) is 17.7 Å². The van der Waals surface area contributed by atoms with Crippen LogP contribution < -0.4 is 16.0 Å². The number of allylic oxidation sites excluding steroid dienone is 2. The van der Waals surface area contributed by atoms with E-state index < -0.39 is 29.9 Å². The molecule has 0 bridgehead atoms. The van der Waals surface area contributed by atoms with Crippen molar-refractivity contribution in [2.75, 3.05) is 18.6 Å². The summed E-state index contributed by atoms with van der Waals surface area (Å²) < 4.78 is 23.2. The predicted molar refractivity (Wildman–Crippen MR) is 182 cm³/mol. The second-order valence-corrected chi connectivity index (χ2v) is 14.7. The topological polar surface area (TPSA) is 165 Å². The van der Waals surface area contributed by atoms with E-state index in [1.165, 1.54) is 24.8 Å². The maximum Gasteiger partial charge on any atom is 0.303 e. The normalized spacial score (nSPS) is 35.6. The molecule has 0 aromatic rings. The molecule has 1 aliphatic carbocycles. The lowest BCUT2D eigenvalue weighted by molar-refractivity contribution is -0.146. The molecule has 3 aliphatic heterocycles. The molecular weight excluding hydrogens is 638 g/mol. The van der Waals surface area contributed by atoms with E-state index in [1.807, 2.05) is 32.3 Å². The van der Waals surface area contributed by atoms with Gasteiger partial charge in [-0.25, -0.2) is 0 Å². The molecule has 13 heteroatoms. The summed E-state index contributed by atoms with van der Waals surface area (Å²) in [5.74, 6) is -0.0991. The van der Waals surface area contributed by atoms with E-state index in [0.29, 0.717) is 25.2 Å². The van der Waals surface area contributed by atoms with Crippen molar-refractivity contribution in [3.8, 4) is 0 Å². The number of amides is 3. The van der Waals surface area contributed by atoms with Crippen LogP contribution in [0.15, 0.2) is 36.0 Å². The van der Waals surface area contributed by atoms with Crippen LogP contribution in [0.5, 0.6) is 0 Å². The van der Waals surface area contributed by atoms with Gasteiger partial charge in [-0.05, 0) is 64.7 Å². The summed E-state index contributed by atoms with van der Waals surface area (Å²) in [7, 11) is 0. The Bertz CT molecular complexity index is 1250. The maximum atomic E-state index is 12.8. The highest BCUT2D eigenvalue weighted by atomic mass is 32.2. The van der Waals surface area contributed by atoms with Crippen molar-refractivity contribution >= 4 is 35.5 Å². The van der Waals surface area contributed by atoms with Gasteiger partial charge in [0.1, 0.15) is 23.9 Å². The van der Waals surface area contributed by atoms with Crippen LogP contribution >= 0.6 is 11.8 Å². The van der Waals surface area contributed by atoms with Crippen LogP contribution in [0.25, 0.3) is 0 Å². The Kier molecular flexibility index (Phi) is 13.7. The summed E-state index contributed by atoms with van der Waals surface area (Å²) in [6.45, 7) is 9.51. The maximum absolute atomic E-state index is 12.8. The van der Waals surface area contributed by atoms with Crippen molar-refractivity contribution in [1.29, 1.82) is 0 Å². The fourth-order valence-corrected chi connectivity index (χ4v) is 6.98. The van der Waals surface area contributed by atoms with Crippen LogP contribution in [0.3, 0.4) is 0 Å². The molecule has 48 heavy (non-hydrogen) atoms. The third kappa shape index (κ3) is 11.2. The molecule has 9 atom stereocenters. The lowest BCUT2D eigenvalue weighted by Crippen LogP contribution is -2.55. The predicted octanol–water partition coefficient (Wildman–Crippen LogP) is 2.49. The number of ether oxygens (including phenoxy) is 4. The average molecular weight is 692 g/mol. The Morgan fingerprint density at radius 2 is 1.71 bits per heavy atom. The smallest absolute Gasteiger partial charge is 0.303 e. The van der Waals surface area contributed by atoms with Crippen molar-refractivity contribution < 1.29 is 43.2 Å². The fourth-order valence-electron chi connectivity index (χ4n) is 6.63. The van der Waals surface area contributed by atoms with Gasteiger partial charge in [-0.15, -0.1) is 0 Å². The molecule has 0 unspecified atom stereocenters. The molecule has 0 radical (unpaired) electrons. The summed E-state index contributed by atoms with van der Waals surface area (Å²) in [4.78, 5) is 48.1. The number of aliphatic hydroxyl groups is 1. The minimum Gasteiger partial charge on any atom is -0.459 e. The summed E-state index contributed by atoms with van der Waals surface area (Å²) in [5, 5.41) is 20.0. The van der Waals surface area contributed by atoms with Crippen LogP contribution in [0.2, 0.25) is 0 Å². The highest BCUT2D eigenvalue weighted by molar-refractivity contribution is 7.99. The number of carbonyl (C=O) groups excluding carboxylic acids is 4. The summed E-state index contributed by atoms with van der Waals surface area (Å²) in [5.41, 5.74) is 0.314. The minimum atomic E-state index is -0.826. The van der Waals surface area contributed by atoms with Gasteiger partial charge in [0.25, 0.3) is 0 Å². The molecule has 0 aromatic heterocycles. The molecule has 1 saturated carbocycles. The molecule has 4 N–H and O–H groups in total. The van der Waals surface area contributed by atoms with Gasteiger partial charge in [-0.1, -0.05) is 30.7 Å². The molecule has 4 aliphatic rings. The van der Waals surface area contributed by atoms with E-state index in [4.69, 9.17) is 18.9 Å². The lowest BCUT2D eigenvalue weighted by Gasteiger charge is -2.39. The van der Waals surface area contributed by atoms with Crippen molar-refractivity contribution in [2.24, 2.45) is 5.92 Å². The van der Waals surface area contributed by atoms with Gasteiger partial charge >= 0.3 is 5.97 Å². The van der Waals surface area contributed by atoms with Crippen molar-refractivity contribution in [2.45, 2.75) is 133 Å². The fraction of sp³-hybridized carbons (Fsp3) is 0.714. The molecule has 4 fully saturated rings.